The highest BCUT2D eigenvalue weighted by atomic mass is 16.4. The highest BCUT2D eigenvalue weighted by molar-refractivity contribution is 5.73. The number of hydrogen-bond donors (Lipinski definition) is 1. The normalized spacial score (nSPS) is 22.0. The number of hydrogen-bond acceptors (Lipinski definition) is 3. The van der Waals surface area contributed by atoms with Gasteiger partial charge in [0.2, 0.25) is 0 Å². The lowest BCUT2D eigenvalue weighted by atomic mass is 10.2. The summed E-state index contributed by atoms with van der Waals surface area (Å²) in [7, 11) is 0. The Labute approximate surface area is 88.3 Å². The molecule has 0 spiro atoms. The van der Waals surface area contributed by atoms with E-state index in [0.29, 0.717) is 0 Å². The molecular formula is C10H15N3O2. The maximum absolute atomic E-state index is 10.9. The third kappa shape index (κ3) is 2.36. The fraction of sp³-hybridized carbons (Fsp3) is 0.600. The van der Waals surface area contributed by atoms with Crippen LogP contribution >= 0.6 is 0 Å². The lowest BCUT2D eigenvalue weighted by Gasteiger charge is -2.20. The number of aromatic nitrogens is 2. The van der Waals surface area contributed by atoms with Crippen LogP contribution in [0, 0.1) is 0 Å². The van der Waals surface area contributed by atoms with Gasteiger partial charge in [0.15, 0.2) is 0 Å². The first kappa shape index (κ1) is 10.2. The summed E-state index contributed by atoms with van der Waals surface area (Å²) in [6.07, 6.45) is 7.15. The number of aliphatic carboxylic acids is 1. The van der Waals surface area contributed by atoms with E-state index >= 15 is 0 Å². The van der Waals surface area contributed by atoms with Crippen molar-refractivity contribution < 1.29 is 9.90 Å². The van der Waals surface area contributed by atoms with Crippen molar-refractivity contribution >= 4 is 5.97 Å². The van der Waals surface area contributed by atoms with Crippen molar-refractivity contribution in [3.8, 4) is 0 Å². The number of imidazole rings is 1. The SMILES string of the molecule is O=C(O)C1CCCN1CCn1ccnc1. The molecule has 2 rings (SSSR count). The van der Waals surface area contributed by atoms with Crippen LogP contribution in [0.5, 0.6) is 0 Å². The topological polar surface area (TPSA) is 58.4 Å². The minimum absolute atomic E-state index is 0.284. The van der Waals surface area contributed by atoms with Gasteiger partial charge in [-0.25, -0.2) is 4.98 Å². The van der Waals surface area contributed by atoms with E-state index in [1.165, 1.54) is 0 Å². The summed E-state index contributed by atoms with van der Waals surface area (Å²) < 4.78 is 1.97. The molecule has 5 nitrogen and oxygen atoms in total. The summed E-state index contributed by atoms with van der Waals surface area (Å²) >= 11 is 0. The van der Waals surface area contributed by atoms with Crippen LogP contribution in [-0.4, -0.2) is 44.7 Å². The summed E-state index contributed by atoms with van der Waals surface area (Å²) in [5, 5.41) is 8.98. The highest BCUT2D eigenvalue weighted by Crippen LogP contribution is 2.16. The Morgan fingerprint density at radius 1 is 1.53 bits per heavy atom. The fourth-order valence-corrected chi connectivity index (χ4v) is 2.04. The first-order chi connectivity index (χ1) is 7.27. The number of nitrogens with zero attached hydrogens (tertiary/aromatic N) is 3. The molecule has 0 radical (unpaired) electrons. The minimum atomic E-state index is -0.696. The number of carboxylic acid groups (broad SMARTS) is 1. The smallest absolute Gasteiger partial charge is 0.320 e. The average Bonchev–Trinajstić information content (AvgIpc) is 2.86. The molecule has 1 aliphatic heterocycles. The van der Waals surface area contributed by atoms with Crippen molar-refractivity contribution in [1.82, 2.24) is 14.5 Å². The molecule has 1 saturated heterocycles. The summed E-state index contributed by atoms with van der Waals surface area (Å²) in [4.78, 5) is 16.9. The van der Waals surface area contributed by atoms with Crippen LogP contribution in [0.4, 0.5) is 0 Å². The Morgan fingerprint density at radius 3 is 3.07 bits per heavy atom. The third-order valence-electron chi connectivity index (χ3n) is 2.85. The minimum Gasteiger partial charge on any atom is -0.480 e. The molecule has 1 aromatic rings. The molecule has 1 fully saturated rings. The second-order valence-corrected chi connectivity index (χ2v) is 3.83. The van der Waals surface area contributed by atoms with Crippen LogP contribution in [0.3, 0.4) is 0 Å². The molecular weight excluding hydrogens is 194 g/mol. The van der Waals surface area contributed by atoms with E-state index in [-0.39, 0.29) is 6.04 Å². The van der Waals surface area contributed by atoms with E-state index in [4.69, 9.17) is 5.11 Å². The van der Waals surface area contributed by atoms with Crippen molar-refractivity contribution in [1.29, 1.82) is 0 Å². The van der Waals surface area contributed by atoms with E-state index in [1.807, 2.05) is 15.7 Å². The van der Waals surface area contributed by atoms with Crippen LogP contribution in [-0.2, 0) is 11.3 Å². The zero-order valence-corrected chi connectivity index (χ0v) is 8.54. The molecule has 0 amide bonds. The standard InChI is InChI=1S/C10H15N3O2/c14-10(15)9-2-1-4-13(9)7-6-12-5-3-11-8-12/h3,5,8-9H,1-2,4,6-7H2,(H,14,15). The van der Waals surface area contributed by atoms with Gasteiger partial charge < -0.3 is 9.67 Å². The number of carbonyl (C=O) groups is 1. The fourth-order valence-electron chi connectivity index (χ4n) is 2.04. The van der Waals surface area contributed by atoms with E-state index < -0.39 is 5.97 Å². The number of carboxylic acids is 1. The second kappa shape index (κ2) is 4.44. The Kier molecular flexibility index (Phi) is 3.01. The molecule has 1 atom stereocenters. The molecule has 0 aliphatic carbocycles. The first-order valence-corrected chi connectivity index (χ1v) is 5.20. The lowest BCUT2D eigenvalue weighted by molar-refractivity contribution is -0.142. The maximum atomic E-state index is 10.9. The quantitative estimate of drug-likeness (QED) is 0.781. The molecule has 0 bridgehead atoms. The number of rotatable bonds is 4. The van der Waals surface area contributed by atoms with Gasteiger partial charge in [-0.2, -0.15) is 0 Å². The van der Waals surface area contributed by atoms with Gasteiger partial charge in [-0.3, -0.25) is 9.69 Å². The Bertz CT molecular complexity index is 323. The van der Waals surface area contributed by atoms with Crippen LogP contribution < -0.4 is 0 Å². The molecule has 1 aromatic heterocycles. The van der Waals surface area contributed by atoms with E-state index in [9.17, 15) is 4.79 Å². The lowest BCUT2D eigenvalue weighted by Crippen LogP contribution is -2.37. The highest BCUT2D eigenvalue weighted by Gasteiger charge is 2.29. The van der Waals surface area contributed by atoms with Crippen LogP contribution in [0.1, 0.15) is 12.8 Å². The monoisotopic (exact) mass is 209 g/mol. The molecule has 1 N–H and O–H groups in total. The van der Waals surface area contributed by atoms with Crippen molar-refractivity contribution in [2.75, 3.05) is 13.1 Å². The molecule has 0 aromatic carbocycles. The summed E-state index contributed by atoms with van der Waals surface area (Å²) in [5.74, 6) is -0.696. The van der Waals surface area contributed by atoms with Crippen LogP contribution in [0.2, 0.25) is 0 Å². The van der Waals surface area contributed by atoms with Crippen LogP contribution in [0.15, 0.2) is 18.7 Å². The summed E-state index contributed by atoms with van der Waals surface area (Å²) in [6, 6.07) is -0.284. The zero-order chi connectivity index (χ0) is 10.7. The zero-order valence-electron chi connectivity index (χ0n) is 8.54. The Morgan fingerprint density at radius 2 is 2.40 bits per heavy atom. The second-order valence-electron chi connectivity index (χ2n) is 3.83. The molecule has 2 heterocycles. The van der Waals surface area contributed by atoms with Crippen LogP contribution in [0.25, 0.3) is 0 Å². The van der Waals surface area contributed by atoms with Gasteiger partial charge in [-0.1, -0.05) is 0 Å². The molecule has 5 heteroatoms. The molecule has 15 heavy (non-hydrogen) atoms. The first-order valence-electron chi connectivity index (χ1n) is 5.20. The predicted octanol–water partition coefficient (Wildman–Crippen LogP) is 0.432. The summed E-state index contributed by atoms with van der Waals surface area (Å²) in [6.45, 7) is 2.49. The van der Waals surface area contributed by atoms with Gasteiger partial charge in [0.1, 0.15) is 6.04 Å². The van der Waals surface area contributed by atoms with Crippen molar-refractivity contribution in [2.45, 2.75) is 25.4 Å². The Balaban J connectivity index is 1.86. The average molecular weight is 209 g/mol. The number of likely N-dealkylation sites (tertiary alicyclic amines) is 1. The van der Waals surface area contributed by atoms with E-state index in [1.54, 1.807) is 12.5 Å². The summed E-state index contributed by atoms with van der Waals surface area (Å²) in [5.41, 5.74) is 0. The molecule has 1 aliphatic rings. The van der Waals surface area contributed by atoms with Gasteiger partial charge in [0.25, 0.3) is 0 Å². The largest absolute Gasteiger partial charge is 0.480 e. The molecule has 0 saturated carbocycles. The van der Waals surface area contributed by atoms with Crippen molar-refractivity contribution in [3.63, 3.8) is 0 Å². The van der Waals surface area contributed by atoms with Gasteiger partial charge in [0.05, 0.1) is 6.33 Å². The van der Waals surface area contributed by atoms with E-state index in [2.05, 4.69) is 4.98 Å². The van der Waals surface area contributed by atoms with Gasteiger partial charge >= 0.3 is 5.97 Å². The van der Waals surface area contributed by atoms with E-state index in [0.717, 1.165) is 32.5 Å². The van der Waals surface area contributed by atoms with Gasteiger partial charge in [-0.05, 0) is 19.4 Å². The van der Waals surface area contributed by atoms with Gasteiger partial charge in [0, 0.05) is 25.5 Å². The molecule has 82 valence electrons. The molecule has 1 unspecified atom stereocenters. The maximum Gasteiger partial charge on any atom is 0.320 e. The van der Waals surface area contributed by atoms with Gasteiger partial charge in [-0.15, -0.1) is 0 Å². The van der Waals surface area contributed by atoms with Crippen molar-refractivity contribution in [3.05, 3.63) is 18.7 Å². The predicted molar refractivity (Wildman–Crippen MR) is 54.5 cm³/mol. The Hall–Kier alpha value is -1.36. The third-order valence-corrected chi connectivity index (χ3v) is 2.85. The van der Waals surface area contributed by atoms with Crippen molar-refractivity contribution in [2.24, 2.45) is 0 Å².